The van der Waals surface area contributed by atoms with Crippen molar-refractivity contribution in [2.24, 2.45) is 0 Å². The monoisotopic (exact) mass is 302 g/mol. The van der Waals surface area contributed by atoms with Crippen LogP contribution in [0.5, 0.6) is 0 Å². The van der Waals surface area contributed by atoms with Crippen molar-refractivity contribution in [2.75, 3.05) is 13.1 Å². The Hall–Kier alpha value is -1.84. The zero-order valence-corrected chi connectivity index (χ0v) is 13.4. The molecule has 120 valence electrons. The number of rotatable bonds is 6. The lowest BCUT2D eigenvalue weighted by molar-refractivity contribution is -0.135. The van der Waals surface area contributed by atoms with Crippen molar-refractivity contribution >= 4 is 11.8 Å². The minimum Gasteiger partial charge on any atom is -0.352 e. The van der Waals surface area contributed by atoms with Gasteiger partial charge in [0.2, 0.25) is 11.8 Å². The average Bonchev–Trinajstić information content (AvgIpc) is 2.71. The van der Waals surface area contributed by atoms with Gasteiger partial charge in [0.1, 0.15) is 0 Å². The van der Waals surface area contributed by atoms with Gasteiger partial charge in [0.15, 0.2) is 0 Å². The molecule has 4 heteroatoms. The van der Waals surface area contributed by atoms with Crippen LogP contribution in [-0.2, 0) is 16.0 Å². The Kier molecular flexibility index (Phi) is 6.44. The van der Waals surface area contributed by atoms with E-state index in [4.69, 9.17) is 0 Å². The van der Waals surface area contributed by atoms with Crippen molar-refractivity contribution < 1.29 is 9.59 Å². The molecule has 1 aliphatic heterocycles. The number of nitrogens with zero attached hydrogens (tertiary/aromatic N) is 1. The van der Waals surface area contributed by atoms with E-state index >= 15 is 0 Å². The van der Waals surface area contributed by atoms with Crippen LogP contribution in [-0.4, -0.2) is 35.8 Å². The molecule has 1 heterocycles. The first-order valence-corrected chi connectivity index (χ1v) is 8.26. The van der Waals surface area contributed by atoms with Crippen molar-refractivity contribution in [1.29, 1.82) is 0 Å². The Labute approximate surface area is 132 Å². The third-order valence-electron chi connectivity index (χ3n) is 4.12. The Morgan fingerprint density at radius 3 is 2.77 bits per heavy atom. The van der Waals surface area contributed by atoms with Crippen LogP contribution in [0.1, 0.15) is 44.6 Å². The van der Waals surface area contributed by atoms with E-state index in [-0.39, 0.29) is 24.4 Å². The highest BCUT2D eigenvalue weighted by atomic mass is 16.2. The van der Waals surface area contributed by atoms with E-state index in [1.54, 1.807) is 4.90 Å². The van der Waals surface area contributed by atoms with Gasteiger partial charge in [-0.2, -0.15) is 0 Å². The van der Waals surface area contributed by atoms with E-state index in [2.05, 4.69) is 17.4 Å². The molecule has 1 fully saturated rings. The van der Waals surface area contributed by atoms with Crippen LogP contribution in [0, 0.1) is 0 Å². The molecule has 2 rings (SSSR count). The first-order chi connectivity index (χ1) is 10.6. The molecule has 1 atom stereocenters. The number of carbonyl (C=O) groups excluding carboxylic acids is 2. The lowest BCUT2D eigenvalue weighted by Gasteiger charge is -2.21. The van der Waals surface area contributed by atoms with Crippen LogP contribution < -0.4 is 5.32 Å². The standard InChI is InChI=1S/C18H26N2O2/c1-15(11-12-16-8-4-2-5-9-16)19-17(21)14-20-13-7-3-6-10-18(20)22/h2,4-5,8-9,15H,3,6-7,10-14H2,1H3,(H,19,21). The quantitative estimate of drug-likeness (QED) is 0.878. The Bertz CT molecular complexity index is 487. The summed E-state index contributed by atoms with van der Waals surface area (Å²) < 4.78 is 0. The molecule has 0 aliphatic carbocycles. The van der Waals surface area contributed by atoms with Crippen LogP contribution in [0.3, 0.4) is 0 Å². The summed E-state index contributed by atoms with van der Waals surface area (Å²) in [4.78, 5) is 25.7. The summed E-state index contributed by atoms with van der Waals surface area (Å²) in [5.74, 6) is 0.0698. The molecular formula is C18H26N2O2. The first-order valence-electron chi connectivity index (χ1n) is 8.26. The van der Waals surface area contributed by atoms with E-state index in [0.717, 1.165) is 32.1 Å². The van der Waals surface area contributed by atoms with Crippen LogP contribution >= 0.6 is 0 Å². The van der Waals surface area contributed by atoms with Gasteiger partial charge in [-0.3, -0.25) is 9.59 Å². The first kappa shape index (κ1) is 16.5. The maximum Gasteiger partial charge on any atom is 0.239 e. The molecule has 0 bridgehead atoms. The summed E-state index contributed by atoms with van der Waals surface area (Å²) >= 11 is 0. The smallest absolute Gasteiger partial charge is 0.239 e. The van der Waals surface area contributed by atoms with Crippen molar-refractivity contribution in [2.45, 2.75) is 51.5 Å². The molecule has 1 N–H and O–H groups in total. The minimum atomic E-state index is -0.0455. The van der Waals surface area contributed by atoms with Gasteiger partial charge in [-0.25, -0.2) is 0 Å². The number of aryl methyl sites for hydroxylation is 1. The molecule has 1 unspecified atom stereocenters. The molecule has 2 amide bonds. The highest BCUT2D eigenvalue weighted by molar-refractivity contribution is 5.85. The molecular weight excluding hydrogens is 276 g/mol. The second-order valence-corrected chi connectivity index (χ2v) is 6.12. The van der Waals surface area contributed by atoms with Crippen molar-refractivity contribution in [3.8, 4) is 0 Å². The second kappa shape index (κ2) is 8.57. The predicted molar refractivity (Wildman–Crippen MR) is 87.4 cm³/mol. The number of amides is 2. The van der Waals surface area contributed by atoms with Gasteiger partial charge in [-0.05, 0) is 38.2 Å². The maximum absolute atomic E-state index is 12.1. The van der Waals surface area contributed by atoms with E-state index in [1.807, 2.05) is 25.1 Å². The Morgan fingerprint density at radius 2 is 2.00 bits per heavy atom. The van der Waals surface area contributed by atoms with Gasteiger partial charge < -0.3 is 10.2 Å². The summed E-state index contributed by atoms with van der Waals surface area (Å²) in [5, 5.41) is 3.01. The third-order valence-corrected chi connectivity index (χ3v) is 4.12. The van der Waals surface area contributed by atoms with E-state index in [0.29, 0.717) is 13.0 Å². The van der Waals surface area contributed by atoms with Gasteiger partial charge in [-0.15, -0.1) is 0 Å². The third kappa shape index (κ3) is 5.51. The number of benzene rings is 1. The summed E-state index contributed by atoms with van der Waals surface area (Å²) in [6, 6.07) is 10.4. The molecule has 22 heavy (non-hydrogen) atoms. The largest absolute Gasteiger partial charge is 0.352 e. The molecule has 4 nitrogen and oxygen atoms in total. The highest BCUT2D eigenvalue weighted by Crippen LogP contribution is 2.11. The molecule has 1 aliphatic rings. The SMILES string of the molecule is CC(CCc1ccccc1)NC(=O)CN1CCCCCC1=O. The molecule has 0 radical (unpaired) electrons. The van der Waals surface area contributed by atoms with Crippen LogP contribution in [0.25, 0.3) is 0 Å². The zero-order valence-electron chi connectivity index (χ0n) is 13.4. The lowest BCUT2D eigenvalue weighted by atomic mass is 10.1. The molecule has 1 aromatic carbocycles. The summed E-state index contributed by atoms with van der Waals surface area (Å²) in [7, 11) is 0. The topological polar surface area (TPSA) is 49.4 Å². The molecule has 0 saturated carbocycles. The van der Waals surface area contributed by atoms with Gasteiger partial charge in [0.25, 0.3) is 0 Å². The molecule has 1 saturated heterocycles. The van der Waals surface area contributed by atoms with Crippen molar-refractivity contribution in [1.82, 2.24) is 10.2 Å². The van der Waals surface area contributed by atoms with Crippen molar-refractivity contribution in [3.63, 3.8) is 0 Å². The van der Waals surface area contributed by atoms with Crippen LogP contribution in [0.15, 0.2) is 30.3 Å². The second-order valence-electron chi connectivity index (χ2n) is 6.12. The summed E-state index contributed by atoms with van der Waals surface area (Å²) in [5.41, 5.74) is 1.28. The number of nitrogens with one attached hydrogen (secondary N) is 1. The van der Waals surface area contributed by atoms with Gasteiger partial charge in [-0.1, -0.05) is 36.8 Å². The van der Waals surface area contributed by atoms with Crippen LogP contribution in [0.2, 0.25) is 0 Å². The Balaban J connectivity index is 1.72. The molecule has 0 spiro atoms. The molecule has 0 aromatic heterocycles. The van der Waals surface area contributed by atoms with E-state index < -0.39 is 0 Å². The summed E-state index contributed by atoms with van der Waals surface area (Å²) in [6.07, 6.45) is 5.47. The zero-order chi connectivity index (χ0) is 15.8. The number of carbonyl (C=O) groups is 2. The fraction of sp³-hybridized carbons (Fsp3) is 0.556. The van der Waals surface area contributed by atoms with E-state index in [1.165, 1.54) is 5.56 Å². The fourth-order valence-corrected chi connectivity index (χ4v) is 2.80. The van der Waals surface area contributed by atoms with E-state index in [9.17, 15) is 9.59 Å². The average molecular weight is 302 g/mol. The number of likely N-dealkylation sites (tertiary alicyclic amines) is 1. The summed E-state index contributed by atoms with van der Waals surface area (Å²) in [6.45, 7) is 2.93. The predicted octanol–water partition coefficient (Wildman–Crippen LogP) is 2.53. The molecule has 1 aromatic rings. The van der Waals surface area contributed by atoms with Gasteiger partial charge in [0.05, 0.1) is 6.54 Å². The minimum absolute atomic E-state index is 0.0455. The Morgan fingerprint density at radius 1 is 1.23 bits per heavy atom. The number of hydrogen-bond donors (Lipinski definition) is 1. The lowest BCUT2D eigenvalue weighted by Crippen LogP contribution is -2.43. The highest BCUT2D eigenvalue weighted by Gasteiger charge is 2.19. The van der Waals surface area contributed by atoms with Crippen LogP contribution in [0.4, 0.5) is 0 Å². The maximum atomic E-state index is 12.1. The van der Waals surface area contributed by atoms with Gasteiger partial charge in [0, 0.05) is 19.0 Å². The fourth-order valence-electron chi connectivity index (χ4n) is 2.80. The van der Waals surface area contributed by atoms with Gasteiger partial charge >= 0.3 is 0 Å². The number of hydrogen-bond acceptors (Lipinski definition) is 2. The normalized spacial score (nSPS) is 17.0. The van der Waals surface area contributed by atoms with Crippen molar-refractivity contribution in [3.05, 3.63) is 35.9 Å².